The summed E-state index contributed by atoms with van der Waals surface area (Å²) in [6.07, 6.45) is 3.12. The van der Waals surface area contributed by atoms with Gasteiger partial charge in [0.2, 0.25) is 5.91 Å². The Kier molecular flexibility index (Phi) is 8.75. The lowest BCUT2D eigenvalue weighted by Gasteiger charge is -2.34. The van der Waals surface area contributed by atoms with Gasteiger partial charge in [0.15, 0.2) is 0 Å². The molecular weight excluding hydrogens is 542 g/mol. The monoisotopic (exact) mass is 587 g/mol. The number of anilines is 1. The zero-order chi connectivity index (χ0) is 30.1. The second-order valence-corrected chi connectivity index (χ2v) is 12.5. The fraction of sp³-hybridized carbons (Fsp3) is 0.529. The second kappa shape index (κ2) is 12.7. The molecule has 4 unspecified atom stereocenters. The quantitative estimate of drug-likeness (QED) is 0.434. The van der Waals surface area contributed by atoms with Crippen molar-refractivity contribution in [1.82, 2.24) is 19.9 Å². The molecule has 3 saturated heterocycles. The SMILES string of the molecule is Cc1c(C(=O)NCC2C(=O)NC(C)CC2C)cc2cc(-c3ccc(N4CCOCC4)cc3)cn2c1C(C)N1CCOCC1. The summed E-state index contributed by atoms with van der Waals surface area (Å²) in [6, 6.07) is 13.2. The van der Waals surface area contributed by atoms with Crippen LogP contribution in [-0.2, 0) is 14.3 Å². The largest absolute Gasteiger partial charge is 0.379 e. The van der Waals surface area contributed by atoms with Crippen LogP contribution in [0.3, 0.4) is 0 Å². The van der Waals surface area contributed by atoms with Gasteiger partial charge >= 0.3 is 0 Å². The highest BCUT2D eigenvalue weighted by atomic mass is 16.5. The van der Waals surface area contributed by atoms with Crippen LogP contribution in [-0.4, -0.2) is 86.3 Å². The third kappa shape index (κ3) is 6.16. The molecule has 4 atom stereocenters. The molecule has 3 aliphatic rings. The molecule has 3 aromatic rings. The van der Waals surface area contributed by atoms with E-state index in [1.807, 2.05) is 13.0 Å². The molecule has 1 aromatic carbocycles. The van der Waals surface area contributed by atoms with Crippen molar-refractivity contribution in [2.75, 3.05) is 64.1 Å². The minimum Gasteiger partial charge on any atom is -0.379 e. The molecule has 5 heterocycles. The summed E-state index contributed by atoms with van der Waals surface area (Å²) in [4.78, 5) is 31.2. The number of amides is 2. The zero-order valence-electron chi connectivity index (χ0n) is 25.9. The van der Waals surface area contributed by atoms with E-state index in [9.17, 15) is 9.59 Å². The van der Waals surface area contributed by atoms with E-state index < -0.39 is 0 Å². The number of ether oxygens (including phenoxy) is 2. The van der Waals surface area contributed by atoms with Gasteiger partial charge in [-0.15, -0.1) is 0 Å². The maximum atomic E-state index is 13.7. The predicted octanol–water partition coefficient (Wildman–Crippen LogP) is 4.04. The van der Waals surface area contributed by atoms with Crippen LogP contribution in [0, 0.1) is 18.8 Å². The summed E-state index contributed by atoms with van der Waals surface area (Å²) in [5.74, 6) is -0.119. The molecule has 9 heteroatoms. The van der Waals surface area contributed by atoms with Gasteiger partial charge in [-0.1, -0.05) is 19.1 Å². The van der Waals surface area contributed by atoms with E-state index in [0.717, 1.165) is 73.7 Å². The van der Waals surface area contributed by atoms with Crippen molar-refractivity contribution in [3.05, 3.63) is 59.4 Å². The number of morpholine rings is 2. The average molecular weight is 588 g/mol. The van der Waals surface area contributed by atoms with E-state index in [2.05, 4.69) is 82.1 Å². The minimum absolute atomic E-state index is 0.0243. The van der Waals surface area contributed by atoms with E-state index in [1.165, 1.54) is 5.69 Å². The Morgan fingerprint density at radius 1 is 1.00 bits per heavy atom. The van der Waals surface area contributed by atoms with Crippen LogP contribution < -0.4 is 15.5 Å². The minimum atomic E-state index is -0.226. The fourth-order valence-electron chi connectivity index (χ4n) is 7.09. The number of hydrogen-bond donors (Lipinski definition) is 2. The van der Waals surface area contributed by atoms with Crippen LogP contribution in [0.15, 0.2) is 42.6 Å². The van der Waals surface area contributed by atoms with Gasteiger partial charge in [-0.3, -0.25) is 14.5 Å². The summed E-state index contributed by atoms with van der Waals surface area (Å²) in [6.45, 7) is 15.2. The van der Waals surface area contributed by atoms with E-state index in [0.29, 0.717) is 25.3 Å². The van der Waals surface area contributed by atoms with Crippen molar-refractivity contribution in [2.24, 2.45) is 11.8 Å². The van der Waals surface area contributed by atoms with E-state index in [4.69, 9.17) is 9.47 Å². The van der Waals surface area contributed by atoms with Gasteiger partial charge in [0.25, 0.3) is 5.91 Å². The van der Waals surface area contributed by atoms with Crippen LogP contribution in [0.4, 0.5) is 5.69 Å². The predicted molar refractivity (Wildman–Crippen MR) is 169 cm³/mol. The molecule has 3 fully saturated rings. The fourth-order valence-corrected chi connectivity index (χ4v) is 7.09. The Bertz CT molecular complexity index is 1460. The van der Waals surface area contributed by atoms with Gasteiger partial charge in [0.05, 0.1) is 32.3 Å². The number of benzene rings is 1. The molecule has 0 saturated carbocycles. The molecule has 2 N–H and O–H groups in total. The van der Waals surface area contributed by atoms with Crippen LogP contribution in [0.25, 0.3) is 16.6 Å². The average Bonchev–Trinajstić information content (AvgIpc) is 3.44. The lowest BCUT2D eigenvalue weighted by molar-refractivity contribution is -0.129. The first-order chi connectivity index (χ1) is 20.8. The number of carbonyl (C=O) groups is 2. The zero-order valence-corrected chi connectivity index (χ0v) is 25.9. The highest BCUT2D eigenvalue weighted by molar-refractivity contribution is 5.97. The van der Waals surface area contributed by atoms with Crippen LogP contribution in [0.2, 0.25) is 0 Å². The number of fused-ring (bicyclic) bond motifs is 1. The number of carbonyl (C=O) groups excluding carboxylic acids is 2. The summed E-state index contributed by atoms with van der Waals surface area (Å²) in [5.41, 5.74) is 7.18. The number of piperidine rings is 1. The number of nitrogens with one attached hydrogen (secondary N) is 2. The Labute approximate surface area is 254 Å². The van der Waals surface area contributed by atoms with Crippen molar-refractivity contribution in [2.45, 2.75) is 46.2 Å². The van der Waals surface area contributed by atoms with Gasteiger partial charge in [-0.05, 0) is 68.5 Å². The molecule has 43 heavy (non-hydrogen) atoms. The van der Waals surface area contributed by atoms with Gasteiger partial charge in [-0.25, -0.2) is 0 Å². The molecule has 6 rings (SSSR count). The number of aromatic nitrogens is 1. The van der Waals surface area contributed by atoms with Crippen molar-refractivity contribution < 1.29 is 19.1 Å². The van der Waals surface area contributed by atoms with Crippen LogP contribution in [0.1, 0.15) is 54.8 Å². The van der Waals surface area contributed by atoms with Crippen molar-refractivity contribution >= 4 is 23.0 Å². The molecule has 0 aliphatic carbocycles. The van der Waals surface area contributed by atoms with E-state index >= 15 is 0 Å². The third-order valence-electron chi connectivity index (χ3n) is 9.62. The summed E-state index contributed by atoms with van der Waals surface area (Å²) in [5, 5.41) is 6.16. The number of pyridine rings is 1. The Morgan fingerprint density at radius 2 is 1.67 bits per heavy atom. The maximum absolute atomic E-state index is 13.7. The molecule has 3 aliphatic heterocycles. The van der Waals surface area contributed by atoms with Gasteiger partial charge in [-0.2, -0.15) is 0 Å². The normalized spacial score (nSPS) is 24.1. The Balaban J connectivity index is 1.32. The molecule has 0 bridgehead atoms. The highest BCUT2D eigenvalue weighted by Crippen LogP contribution is 2.33. The van der Waals surface area contributed by atoms with Gasteiger partial charge in [0.1, 0.15) is 0 Å². The topological polar surface area (TPSA) is 87.5 Å². The standard InChI is InChI=1S/C34H45N5O4/c1-22-17-23(2)36-34(41)31(22)20-35-33(40)30-19-29-18-27(26-5-7-28(8-6-26)38-11-15-43-16-12-38)21-39(29)32(24(30)3)25(4)37-9-13-42-14-10-37/h5-8,18-19,21-23,25,31H,9-17,20H2,1-4H3,(H,35,40)(H,36,41). The van der Waals surface area contributed by atoms with Crippen molar-refractivity contribution in [3.63, 3.8) is 0 Å². The van der Waals surface area contributed by atoms with Gasteiger partial charge < -0.3 is 29.4 Å². The Hall–Kier alpha value is -3.40. The summed E-state index contributed by atoms with van der Waals surface area (Å²) in [7, 11) is 0. The second-order valence-electron chi connectivity index (χ2n) is 12.5. The molecule has 2 amide bonds. The summed E-state index contributed by atoms with van der Waals surface area (Å²) < 4.78 is 13.4. The number of rotatable bonds is 7. The van der Waals surface area contributed by atoms with Gasteiger partial charge in [0, 0.05) is 79.0 Å². The maximum Gasteiger partial charge on any atom is 0.251 e. The molecule has 9 nitrogen and oxygen atoms in total. The molecule has 0 spiro atoms. The Morgan fingerprint density at radius 3 is 2.35 bits per heavy atom. The van der Waals surface area contributed by atoms with Crippen molar-refractivity contribution in [1.29, 1.82) is 0 Å². The van der Waals surface area contributed by atoms with E-state index in [1.54, 1.807) is 0 Å². The van der Waals surface area contributed by atoms with Crippen LogP contribution >= 0.6 is 0 Å². The van der Waals surface area contributed by atoms with Crippen molar-refractivity contribution in [3.8, 4) is 11.1 Å². The molecule has 2 aromatic heterocycles. The first-order valence-corrected chi connectivity index (χ1v) is 15.8. The first kappa shape index (κ1) is 29.7. The lowest BCUT2D eigenvalue weighted by Crippen LogP contribution is -2.50. The number of nitrogens with zero attached hydrogens (tertiary/aromatic N) is 3. The smallest absolute Gasteiger partial charge is 0.251 e. The first-order valence-electron chi connectivity index (χ1n) is 15.8. The van der Waals surface area contributed by atoms with E-state index in [-0.39, 0.29) is 35.7 Å². The lowest BCUT2D eigenvalue weighted by atomic mass is 9.84. The third-order valence-corrected chi connectivity index (χ3v) is 9.62. The highest BCUT2D eigenvalue weighted by Gasteiger charge is 2.33. The van der Waals surface area contributed by atoms with Crippen LogP contribution in [0.5, 0.6) is 0 Å². The summed E-state index contributed by atoms with van der Waals surface area (Å²) >= 11 is 0. The molecule has 0 radical (unpaired) electrons. The molecule has 230 valence electrons. The number of hydrogen-bond acceptors (Lipinski definition) is 6. The molecular formula is C34H45N5O4.